The number of hydrogen-bond acceptors (Lipinski definition) is 3. The molecule has 0 spiro atoms. The van der Waals surface area contributed by atoms with Crippen molar-refractivity contribution in [2.24, 2.45) is 0 Å². The Labute approximate surface area is 135 Å². The van der Waals surface area contributed by atoms with Gasteiger partial charge in [0.05, 0.1) is 0 Å². The van der Waals surface area contributed by atoms with Gasteiger partial charge in [0.25, 0.3) is 5.91 Å². The molecule has 0 saturated heterocycles. The van der Waals surface area contributed by atoms with Gasteiger partial charge in [-0.3, -0.25) is 4.79 Å². The summed E-state index contributed by atoms with van der Waals surface area (Å²) in [4.78, 5) is 15.7. The molecule has 0 fully saturated rings. The number of hydrogen-bond donors (Lipinski definition) is 1. The van der Waals surface area contributed by atoms with E-state index in [1.807, 2.05) is 47.4 Å². The Bertz CT molecular complexity index is 645. The first kappa shape index (κ1) is 15.1. The normalized spacial score (nSPS) is 16.9. The first-order valence-corrected chi connectivity index (χ1v) is 8.41. The summed E-state index contributed by atoms with van der Waals surface area (Å²) in [5.74, 6) is 0.0990. The van der Waals surface area contributed by atoms with Gasteiger partial charge in [-0.2, -0.15) is 0 Å². The van der Waals surface area contributed by atoms with Crippen LogP contribution in [0.1, 0.15) is 34.1 Å². The number of aliphatic hydroxyl groups is 1. The number of nitrogens with zero attached hydrogens (tertiary/aromatic N) is 1. The molecule has 0 bridgehead atoms. The van der Waals surface area contributed by atoms with E-state index in [4.69, 9.17) is 5.11 Å². The van der Waals surface area contributed by atoms with Crippen LogP contribution >= 0.6 is 11.8 Å². The van der Waals surface area contributed by atoms with E-state index in [1.54, 1.807) is 11.8 Å². The van der Waals surface area contributed by atoms with Gasteiger partial charge in [-0.05, 0) is 36.6 Å². The summed E-state index contributed by atoms with van der Waals surface area (Å²) >= 11 is 1.71. The lowest BCUT2D eigenvalue weighted by Gasteiger charge is -2.25. The summed E-state index contributed by atoms with van der Waals surface area (Å²) < 4.78 is 0. The lowest BCUT2D eigenvalue weighted by molar-refractivity contribution is 0.0768. The molecule has 0 aromatic heterocycles. The van der Waals surface area contributed by atoms with E-state index in [2.05, 4.69) is 12.1 Å². The Balaban J connectivity index is 1.86. The van der Waals surface area contributed by atoms with E-state index in [1.165, 1.54) is 0 Å². The molecule has 3 rings (SSSR count). The summed E-state index contributed by atoms with van der Waals surface area (Å²) in [6.07, 6.45) is 1.55. The quantitative estimate of drug-likeness (QED) is 0.827. The minimum Gasteiger partial charge on any atom is -0.396 e. The molecule has 1 unspecified atom stereocenters. The maximum absolute atomic E-state index is 12.6. The van der Waals surface area contributed by atoms with Crippen LogP contribution in [0.2, 0.25) is 0 Å². The maximum atomic E-state index is 12.6. The molecule has 4 heteroatoms. The van der Waals surface area contributed by atoms with E-state index in [-0.39, 0.29) is 17.9 Å². The highest BCUT2D eigenvalue weighted by Crippen LogP contribution is 2.44. The molecule has 1 atom stereocenters. The molecule has 2 aromatic carbocycles. The molecule has 114 valence electrons. The van der Waals surface area contributed by atoms with Crippen LogP contribution in [0.3, 0.4) is 0 Å². The Hall–Kier alpha value is -1.78. The molecule has 1 N–H and O–H groups in total. The molecule has 1 heterocycles. The van der Waals surface area contributed by atoms with Gasteiger partial charge in [-0.25, -0.2) is 0 Å². The third-order valence-electron chi connectivity index (χ3n) is 3.80. The highest BCUT2D eigenvalue weighted by Gasteiger charge is 2.36. The van der Waals surface area contributed by atoms with Crippen LogP contribution in [0.25, 0.3) is 0 Å². The minimum absolute atomic E-state index is 0.0183. The molecule has 1 aliphatic heterocycles. The fourth-order valence-corrected chi connectivity index (χ4v) is 3.94. The molecule has 1 amide bonds. The van der Waals surface area contributed by atoms with E-state index >= 15 is 0 Å². The van der Waals surface area contributed by atoms with Crippen molar-refractivity contribution in [2.75, 3.05) is 13.2 Å². The van der Waals surface area contributed by atoms with Gasteiger partial charge in [0, 0.05) is 23.6 Å². The molecular weight excluding hydrogens is 294 g/mol. The molecule has 1 aliphatic rings. The predicted octanol–water partition coefficient (Wildman–Crippen LogP) is 3.71. The number of benzene rings is 2. The topological polar surface area (TPSA) is 40.5 Å². The molecule has 0 aliphatic carbocycles. The van der Waals surface area contributed by atoms with Crippen LogP contribution in [0.5, 0.6) is 0 Å². The number of fused-ring (bicyclic) bond motifs is 1. The second-order valence-corrected chi connectivity index (χ2v) is 6.45. The van der Waals surface area contributed by atoms with Crippen molar-refractivity contribution in [1.82, 2.24) is 4.90 Å². The van der Waals surface area contributed by atoms with E-state index < -0.39 is 0 Å². The first-order valence-electron chi connectivity index (χ1n) is 7.53. The fraction of sp³-hybridized carbons (Fsp3) is 0.278. The molecule has 0 radical (unpaired) electrons. The van der Waals surface area contributed by atoms with Crippen LogP contribution in [0.15, 0.2) is 59.5 Å². The van der Waals surface area contributed by atoms with Crippen LogP contribution in [-0.2, 0) is 0 Å². The minimum atomic E-state index is 0.0183. The van der Waals surface area contributed by atoms with E-state index in [9.17, 15) is 4.79 Å². The highest BCUT2D eigenvalue weighted by atomic mass is 32.2. The zero-order valence-electron chi connectivity index (χ0n) is 12.3. The second kappa shape index (κ2) is 6.99. The fourth-order valence-electron chi connectivity index (χ4n) is 2.70. The monoisotopic (exact) mass is 313 g/mol. The third kappa shape index (κ3) is 3.03. The number of carbonyl (C=O) groups excluding carboxylic acids is 1. The van der Waals surface area contributed by atoms with E-state index in [0.717, 1.165) is 28.9 Å². The van der Waals surface area contributed by atoms with Crippen LogP contribution in [-0.4, -0.2) is 29.1 Å². The Morgan fingerprint density at radius 2 is 1.73 bits per heavy atom. The number of unbranched alkanes of at least 4 members (excludes halogenated alkanes) is 1. The zero-order valence-corrected chi connectivity index (χ0v) is 13.1. The van der Waals surface area contributed by atoms with Crippen LogP contribution in [0.4, 0.5) is 0 Å². The van der Waals surface area contributed by atoms with Gasteiger partial charge in [0.2, 0.25) is 0 Å². The number of thioether (sulfide) groups is 1. The van der Waals surface area contributed by atoms with Crippen molar-refractivity contribution in [3.63, 3.8) is 0 Å². The zero-order chi connectivity index (χ0) is 15.4. The average molecular weight is 313 g/mol. The molecule has 2 aromatic rings. The Morgan fingerprint density at radius 1 is 1.00 bits per heavy atom. The molecular formula is C18H19NO2S. The van der Waals surface area contributed by atoms with Crippen LogP contribution < -0.4 is 0 Å². The van der Waals surface area contributed by atoms with Crippen molar-refractivity contribution in [3.05, 3.63) is 65.7 Å². The van der Waals surface area contributed by atoms with Crippen molar-refractivity contribution in [3.8, 4) is 0 Å². The van der Waals surface area contributed by atoms with Gasteiger partial charge in [-0.15, -0.1) is 0 Å². The largest absolute Gasteiger partial charge is 0.396 e. The van der Waals surface area contributed by atoms with Gasteiger partial charge >= 0.3 is 0 Å². The predicted molar refractivity (Wildman–Crippen MR) is 88.8 cm³/mol. The van der Waals surface area contributed by atoms with Gasteiger partial charge in [0.15, 0.2) is 0 Å². The lowest BCUT2D eigenvalue weighted by atomic mass is 10.1. The smallest absolute Gasteiger partial charge is 0.255 e. The van der Waals surface area contributed by atoms with Crippen molar-refractivity contribution >= 4 is 17.7 Å². The van der Waals surface area contributed by atoms with Gasteiger partial charge in [-0.1, -0.05) is 48.2 Å². The Kier molecular flexibility index (Phi) is 4.80. The number of carbonyl (C=O) groups is 1. The SMILES string of the molecule is O=C1c2ccccc2C(Sc2ccccc2)N1CCCCO. The van der Waals surface area contributed by atoms with E-state index in [0.29, 0.717) is 6.54 Å². The number of rotatable bonds is 6. The Morgan fingerprint density at radius 3 is 2.50 bits per heavy atom. The molecule has 3 nitrogen and oxygen atoms in total. The van der Waals surface area contributed by atoms with Crippen LogP contribution in [0, 0.1) is 0 Å². The van der Waals surface area contributed by atoms with Gasteiger partial charge < -0.3 is 10.0 Å². The van der Waals surface area contributed by atoms with Crippen molar-refractivity contribution < 1.29 is 9.90 Å². The average Bonchev–Trinajstić information content (AvgIpc) is 2.82. The maximum Gasteiger partial charge on any atom is 0.255 e. The molecule has 22 heavy (non-hydrogen) atoms. The molecule has 0 saturated carbocycles. The summed E-state index contributed by atoms with van der Waals surface area (Å²) in [5.41, 5.74) is 1.89. The summed E-state index contributed by atoms with van der Waals surface area (Å²) in [7, 11) is 0. The summed E-state index contributed by atoms with van der Waals surface area (Å²) in [5, 5.41) is 8.99. The number of aliphatic hydroxyl groups excluding tert-OH is 1. The summed E-state index contributed by atoms with van der Waals surface area (Å²) in [6.45, 7) is 0.851. The lowest BCUT2D eigenvalue weighted by Crippen LogP contribution is -2.27. The van der Waals surface area contributed by atoms with Gasteiger partial charge in [0.1, 0.15) is 5.37 Å². The van der Waals surface area contributed by atoms with Crippen molar-refractivity contribution in [2.45, 2.75) is 23.1 Å². The first-order chi connectivity index (χ1) is 10.8. The summed E-state index contributed by atoms with van der Waals surface area (Å²) in [6, 6.07) is 18.0. The number of amides is 1. The van der Waals surface area contributed by atoms with Crippen molar-refractivity contribution in [1.29, 1.82) is 0 Å². The second-order valence-electron chi connectivity index (χ2n) is 5.30. The highest BCUT2D eigenvalue weighted by molar-refractivity contribution is 7.99. The standard InChI is InChI=1S/C18H19NO2S/c20-13-7-6-12-19-17(21)15-10-4-5-11-16(15)18(19)22-14-8-2-1-3-9-14/h1-5,8-11,18,20H,6-7,12-13H2. The third-order valence-corrected chi connectivity index (χ3v) is 5.08.